The van der Waals surface area contributed by atoms with Gasteiger partial charge < -0.3 is 10.1 Å². The van der Waals surface area contributed by atoms with Gasteiger partial charge in [0.2, 0.25) is 0 Å². The number of aryl methyl sites for hydroxylation is 1. The zero-order valence-corrected chi connectivity index (χ0v) is 12.4. The Morgan fingerprint density at radius 3 is 2.78 bits per heavy atom. The quantitative estimate of drug-likeness (QED) is 0.765. The number of rotatable bonds is 5. The lowest BCUT2D eigenvalue weighted by molar-refractivity contribution is -0.118. The SMILES string of the molecule is Cc1cccnc1NC(=O)COc1ccc(-n2cnnn2)cc1. The van der Waals surface area contributed by atoms with Crippen LogP contribution in [0.1, 0.15) is 5.56 Å². The van der Waals surface area contributed by atoms with Crippen molar-refractivity contribution in [2.45, 2.75) is 6.92 Å². The highest BCUT2D eigenvalue weighted by molar-refractivity contribution is 5.91. The maximum absolute atomic E-state index is 11.9. The number of ether oxygens (including phenoxy) is 1. The van der Waals surface area contributed by atoms with Crippen LogP contribution in [0.5, 0.6) is 5.75 Å². The van der Waals surface area contributed by atoms with Crippen molar-refractivity contribution in [2.75, 3.05) is 11.9 Å². The van der Waals surface area contributed by atoms with Crippen LogP contribution >= 0.6 is 0 Å². The third kappa shape index (κ3) is 3.67. The Labute approximate surface area is 132 Å². The maximum Gasteiger partial charge on any atom is 0.263 e. The van der Waals surface area contributed by atoms with Crippen LogP contribution in [0.4, 0.5) is 5.82 Å². The normalized spacial score (nSPS) is 10.3. The summed E-state index contributed by atoms with van der Waals surface area (Å²) in [5, 5.41) is 13.6. The average molecular weight is 310 g/mol. The van der Waals surface area contributed by atoms with Crippen LogP contribution in [0.3, 0.4) is 0 Å². The second-order valence-corrected chi connectivity index (χ2v) is 4.75. The summed E-state index contributed by atoms with van der Waals surface area (Å²) >= 11 is 0. The van der Waals surface area contributed by atoms with Crippen molar-refractivity contribution in [1.29, 1.82) is 0 Å². The van der Waals surface area contributed by atoms with E-state index in [0.29, 0.717) is 11.6 Å². The Bertz CT molecular complexity index is 786. The van der Waals surface area contributed by atoms with Crippen molar-refractivity contribution in [3.63, 3.8) is 0 Å². The van der Waals surface area contributed by atoms with Crippen LogP contribution < -0.4 is 10.1 Å². The second-order valence-electron chi connectivity index (χ2n) is 4.75. The first-order chi connectivity index (χ1) is 11.2. The van der Waals surface area contributed by atoms with Gasteiger partial charge >= 0.3 is 0 Å². The summed E-state index contributed by atoms with van der Waals surface area (Å²) < 4.78 is 6.98. The van der Waals surface area contributed by atoms with Crippen LogP contribution in [0, 0.1) is 6.92 Å². The molecule has 1 N–H and O–H groups in total. The Morgan fingerprint density at radius 1 is 1.26 bits per heavy atom. The number of amides is 1. The molecule has 0 aliphatic carbocycles. The summed E-state index contributed by atoms with van der Waals surface area (Å²) in [5.41, 5.74) is 1.70. The summed E-state index contributed by atoms with van der Waals surface area (Å²) in [6.07, 6.45) is 3.12. The number of carbonyl (C=O) groups excluding carboxylic acids is 1. The van der Waals surface area contributed by atoms with Crippen molar-refractivity contribution in [1.82, 2.24) is 25.2 Å². The Morgan fingerprint density at radius 2 is 2.09 bits per heavy atom. The highest BCUT2D eigenvalue weighted by atomic mass is 16.5. The number of benzene rings is 1. The molecule has 23 heavy (non-hydrogen) atoms. The van der Waals surface area contributed by atoms with Crippen molar-refractivity contribution in [3.05, 3.63) is 54.5 Å². The van der Waals surface area contributed by atoms with E-state index in [9.17, 15) is 4.79 Å². The zero-order chi connectivity index (χ0) is 16.1. The van der Waals surface area contributed by atoms with Gasteiger partial charge in [-0.05, 0) is 53.2 Å². The summed E-state index contributed by atoms with van der Waals surface area (Å²) in [7, 11) is 0. The monoisotopic (exact) mass is 310 g/mol. The summed E-state index contributed by atoms with van der Waals surface area (Å²) in [5.74, 6) is 0.848. The molecule has 8 heteroatoms. The number of anilines is 1. The number of hydrogen-bond donors (Lipinski definition) is 1. The van der Waals surface area contributed by atoms with E-state index in [1.165, 1.54) is 11.0 Å². The van der Waals surface area contributed by atoms with E-state index in [1.807, 2.05) is 19.1 Å². The first-order valence-electron chi connectivity index (χ1n) is 6.90. The first-order valence-corrected chi connectivity index (χ1v) is 6.90. The molecule has 1 amide bonds. The molecule has 0 spiro atoms. The van der Waals surface area contributed by atoms with Crippen LogP contribution in [0.25, 0.3) is 5.69 Å². The van der Waals surface area contributed by atoms with Gasteiger partial charge in [0.15, 0.2) is 6.61 Å². The number of hydrogen-bond acceptors (Lipinski definition) is 6. The molecule has 2 heterocycles. The lowest BCUT2D eigenvalue weighted by Gasteiger charge is -2.09. The molecule has 0 bridgehead atoms. The lowest BCUT2D eigenvalue weighted by atomic mass is 10.3. The van der Waals surface area contributed by atoms with Gasteiger partial charge in [-0.25, -0.2) is 9.67 Å². The van der Waals surface area contributed by atoms with E-state index in [1.54, 1.807) is 30.5 Å². The van der Waals surface area contributed by atoms with E-state index in [-0.39, 0.29) is 12.5 Å². The third-order valence-electron chi connectivity index (χ3n) is 3.09. The minimum atomic E-state index is -0.267. The van der Waals surface area contributed by atoms with Crippen molar-refractivity contribution in [2.24, 2.45) is 0 Å². The van der Waals surface area contributed by atoms with Gasteiger partial charge in [0.05, 0.1) is 5.69 Å². The molecular formula is C15H14N6O2. The number of nitrogens with one attached hydrogen (secondary N) is 1. The van der Waals surface area contributed by atoms with E-state index >= 15 is 0 Å². The molecule has 0 saturated carbocycles. The fourth-order valence-electron chi connectivity index (χ4n) is 1.91. The molecule has 8 nitrogen and oxygen atoms in total. The second kappa shape index (κ2) is 6.65. The Hall–Kier alpha value is -3.29. The van der Waals surface area contributed by atoms with Gasteiger partial charge in [0.25, 0.3) is 5.91 Å². The van der Waals surface area contributed by atoms with Gasteiger partial charge in [-0.15, -0.1) is 5.10 Å². The fourth-order valence-corrected chi connectivity index (χ4v) is 1.91. The number of carbonyl (C=O) groups is 1. The number of pyridine rings is 1. The van der Waals surface area contributed by atoms with E-state index in [0.717, 1.165) is 11.3 Å². The number of nitrogens with zero attached hydrogens (tertiary/aromatic N) is 5. The largest absolute Gasteiger partial charge is 0.484 e. The molecule has 0 unspecified atom stereocenters. The molecule has 116 valence electrons. The standard InChI is InChI=1S/C15H14N6O2/c1-11-3-2-8-16-15(11)18-14(22)9-23-13-6-4-12(5-7-13)21-10-17-19-20-21/h2-8,10H,9H2,1H3,(H,16,18,22). The molecule has 0 aliphatic heterocycles. The third-order valence-corrected chi connectivity index (χ3v) is 3.09. The number of aromatic nitrogens is 5. The lowest BCUT2D eigenvalue weighted by Crippen LogP contribution is -2.21. The minimum Gasteiger partial charge on any atom is -0.484 e. The van der Waals surface area contributed by atoms with Crippen LogP contribution in [-0.2, 0) is 4.79 Å². The highest BCUT2D eigenvalue weighted by Gasteiger charge is 2.07. The molecule has 3 aromatic rings. The molecular weight excluding hydrogens is 296 g/mol. The molecule has 1 aromatic carbocycles. The van der Waals surface area contributed by atoms with Gasteiger partial charge in [0, 0.05) is 6.20 Å². The highest BCUT2D eigenvalue weighted by Crippen LogP contribution is 2.14. The van der Waals surface area contributed by atoms with Gasteiger partial charge in [-0.1, -0.05) is 6.07 Å². The molecule has 0 saturated heterocycles. The van der Waals surface area contributed by atoms with Gasteiger partial charge in [-0.2, -0.15) is 0 Å². The van der Waals surface area contributed by atoms with Crippen LogP contribution in [-0.4, -0.2) is 37.7 Å². The Kier molecular flexibility index (Phi) is 4.23. The smallest absolute Gasteiger partial charge is 0.263 e. The molecule has 3 rings (SSSR count). The summed E-state index contributed by atoms with van der Waals surface area (Å²) in [6.45, 7) is 1.78. The minimum absolute atomic E-state index is 0.0970. The van der Waals surface area contributed by atoms with Gasteiger partial charge in [0.1, 0.15) is 17.9 Å². The van der Waals surface area contributed by atoms with E-state index < -0.39 is 0 Å². The van der Waals surface area contributed by atoms with Crippen LogP contribution in [0.2, 0.25) is 0 Å². The van der Waals surface area contributed by atoms with Crippen molar-refractivity contribution < 1.29 is 9.53 Å². The van der Waals surface area contributed by atoms with Crippen molar-refractivity contribution in [3.8, 4) is 11.4 Å². The Balaban J connectivity index is 1.56. The average Bonchev–Trinajstić information content (AvgIpc) is 3.10. The van der Waals surface area contributed by atoms with E-state index in [2.05, 4.69) is 25.8 Å². The predicted octanol–water partition coefficient (Wildman–Crippen LogP) is 1.38. The summed E-state index contributed by atoms with van der Waals surface area (Å²) in [4.78, 5) is 16.0. The molecule has 2 aromatic heterocycles. The zero-order valence-electron chi connectivity index (χ0n) is 12.4. The number of tetrazole rings is 1. The molecule has 0 aliphatic rings. The van der Waals surface area contributed by atoms with Crippen molar-refractivity contribution >= 4 is 11.7 Å². The van der Waals surface area contributed by atoms with Crippen LogP contribution in [0.15, 0.2) is 48.9 Å². The predicted molar refractivity (Wildman–Crippen MR) is 82.3 cm³/mol. The maximum atomic E-state index is 11.9. The first kappa shape index (κ1) is 14.6. The molecule has 0 fully saturated rings. The molecule has 0 atom stereocenters. The van der Waals surface area contributed by atoms with E-state index in [4.69, 9.17) is 4.74 Å². The fraction of sp³-hybridized carbons (Fsp3) is 0.133. The molecule has 0 radical (unpaired) electrons. The summed E-state index contributed by atoms with van der Waals surface area (Å²) in [6, 6.07) is 10.8. The van der Waals surface area contributed by atoms with Gasteiger partial charge in [-0.3, -0.25) is 4.79 Å². The topological polar surface area (TPSA) is 94.8 Å².